The molecular formula is C11H13BrO3. The van der Waals surface area contributed by atoms with Gasteiger partial charge in [0, 0.05) is 0 Å². The summed E-state index contributed by atoms with van der Waals surface area (Å²) < 4.78 is 9.66. The van der Waals surface area contributed by atoms with Gasteiger partial charge in [0.15, 0.2) is 0 Å². The van der Waals surface area contributed by atoms with E-state index in [0.717, 1.165) is 11.3 Å². The van der Waals surface area contributed by atoms with Gasteiger partial charge in [0.1, 0.15) is 10.6 Å². The molecule has 4 heteroatoms. The number of benzene rings is 1. The normalized spacial score (nSPS) is 11.9. The Balaban J connectivity index is 2.60. The number of hydrogen-bond acceptors (Lipinski definition) is 3. The Morgan fingerprint density at radius 1 is 1.33 bits per heavy atom. The van der Waals surface area contributed by atoms with Gasteiger partial charge in [0.25, 0.3) is 0 Å². The van der Waals surface area contributed by atoms with E-state index < -0.39 is 0 Å². The van der Waals surface area contributed by atoms with Gasteiger partial charge in [-0.25, -0.2) is 0 Å². The molecule has 0 aromatic heterocycles. The summed E-state index contributed by atoms with van der Waals surface area (Å²) in [4.78, 5) is 10.8. The summed E-state index contributed by atoms with van der Waals surface area (Å²) in [6.07, 6.45) is 0.608. The number of esters is 1. The summed E-state index contributed by atoms with van der Waals surface area (Å²) in [7, 11) is 3.00. The summed E-state index contributed by atoms with van der Waals surface area (Å²) >= 11 is 3.27. The fourth-order valence-corrected chi connectivity index (χ4v) is 1.74. The highest BCUT2D eigenvalue weighted by molar-refractivity contribution is 9.10. The molecule has 0 aliphatic rings. The number of halogens is 1. The van der Waals surface area contributed by atoms with Crippen molar-refractivity contribution in [2.75, 3.05) is 14.2 Å². The molecule has 0 bridgehead atoms. The highest BCUT2D eigenvalue weighted by Crippen LogP contribution is 2.15. The molecule has 0 radical (unpaired) electrons. The molecule has 0 fully saturated rings. The van der Waals surface area contributed by atoms with E-state index in [1.54, 1.807) is 7.11 Å². The monoisotopic (exact) mass is 272 g/mol. The molecule has 0 spiro atoms. The molecule has 0 saturated heterocycles. The number of methoxy groups -OCH3 is 2. The Kier molecular flexibility index (Phi) is 4.62. The van der Waals surface area contributed by atoms with Gasteiger partial charge in [-0.1, -0.05) is 28.1 Å². The smallest absolute Gasteiger partial charge is 0.319 e. The maximum absolute atomic E-state index is 11.1. The summed E-state index contributed by atoms with van der Waals surface area (Å²) in [5, 5.41) is 0. The van der Waals surface area contributed by atoms with Crippen molar-refractivity contribution in [3.05, 3.63) is 29.8 Å². The second-order valence-electron chi connectivity index (χ2n) is 3.04. The van der Waals surface area contributed by atoms with Crippen molar-refractivity contribution >= 4 is 21.9 Å². The van der Waals surface area contributed by atoms with E-state index >= 15 is 0 Å². The minimum Gasteiger partial charge on any atom is -0.497 e. The SMILES string of the molecule is COC(=O)[C@H](Br)Cc1ccc(OC)cc1. The molecule has 1 atom stereocenters. The number of carbonyl (C=O) groups is 1. The second-order valence-corrected chi connectivity index (χ2v) is 4.15. The van der Waals surface area contributed by atoms with Crippen molar-refractivity contribution in [1.29, 1.82) is 0 Å². The molecule has 0 aliphatic carbocycles. The van der Waals surface area contributed by atoms with Gasteiger partial charge in [-0.05, 0) is 24.1 Å². The summed E-state index contributed by atoms with van der Waals surface area (Å²) in [6, 6.07) is 7.59. The van der Waals surface area contributed by atoms with Gasteiger partial charge in [0.2, 0.25) is 0 Å². The average molecular weight is 273 g/mol. The molecule has 0 unspecified atom stereocenters. The highest BCUT2D eigenvalue weighted by atomic mass is 79.9. The van der Waals surface area contributed by atoms with E-state index in [-0.39, 0.29) is 10.8 Å². The van der Waals surface area contributed by atoms with Crippen molar-refractivity contribution in [3.8, 4) is 5.75 Å². The Labute approximate surface area is 97.5 Å². The highest BCUT2D eigenvalue weighted by Gasteiger charge is 2.15. The Morgan fingerprint density at radius 3 is 2.40 bits per heavy atom. The third kappa shape index (κ3) is 3.55. The van der Waals surface area contributed by atoms with Crippen LogP contribution >= 0.6 is 15.9 Å². The van der Waals surface area contributed by atoms with Crippen molar-refractivity contribution in [1.82, 2.24) is 0 Å². The third-order valence-corrected chi connectivity index (χ3v) is 2.73. The molecule has 15 heavy (non-hydrogen) atoms. The molecule has 3 nitrogen and oxygen atoms in total. The summed E-state index contributed by atoms with van der Waals surface area (Å²) in [6.45, 7) is 0. The first-order valence-corrected chi connectivity index (χ1v) is 5.43. The largest absolute Gasteiger partial charge is 0.497 e. The predicted molar refractivity (Wildman–Crippen MR) is 61.4 cm³/mol. The van der Waals surface area contributed by atoms with Crippen LogP contribution < -0.4 is 4.74 Å². The number of hydrogen-bond donors (Lipinski definition) is 0. The molecule has 0 aliphatic heterocycles. The quantitative estimate of drug-likeness (QED) is 0.623. The van der Waals surface area contributed by atoms with E-state index in [0.29, 0.717) is 6.42 Å². The van der Waals surface area contributed by atoms with Crippen molar-refractivity contribution in [2.45, 2.75) is 11.2 Å². The van der Waals surface area contributed by atoms with Crippen LogP contribution in [0.25, 0.3) is 0 Å². The number of rotatable bonds is 4. The molecule has 1 rings (SSSR count). The zero-order chi connectivity index (χ0) is 11.3. The second kappa shape index (κ2) is 5.75. The lowest BCUT2D eigenvalue weighted by Crippen LogP contribution is -2.17. The molecule has 82 valence electrons. The van der Waals surface area contributed by atoms with Crippen molar-refractivity contribution in [3.63, 3.8) is 0 Å². The minimum absolute atomic E-state index is 0.259. The van der Waals surface area contributed by atoms with Gasteiger partial charge >= 0.3 is 5.97 Å². The first-order chi connectivity index (χ1) is 7.17. The molecule has 1 aromatic rings. The molecular weight excluding hydrogens is 260 g/mol. The molecule has 0 heterocycles. The van der Waals surface area contributed by atoms with Gasteiger partial charge in [-0.2, -0.15) is 0 Å². The summed E-state index contributed by atoms with van der Waals surface area (Å²) in [5.74, 6) is 0.550. The average Bonchev–Trinajstić information content (AvgIpc) is 2.29. The first-order valence-electron chi connectivity index (χ1n) is 4.52. The lowest BCUT2D eigenvalue weighted by Gasteiger charge is -2.07. The molecule has 0 amide bonds. The standard InChI is InChI=1S/C11H13BrO3/c1-14-9-5-3-8(4-6-9)7-10(12)11(13)15-2/h3-6,10H,7H2,1-2H3/t10-/m1/s1. The van der Waals surface area contributed by atoms with Gasteiger partial charge in [0.05, 0.1) is 14.2 Å². The van der Waals surface area contributed by atoms with Crippen LogP contribution in [0.3, 0.4) is 0 Å². The minimum atomic E-state index is -0.295. The van der Waals surface area contributed by atoms with E-state index in [1.807, 2.05) is 24.3 Å². The number of ether oxygens (including phenoxy) is 2. The first kappa shape index (κ1) is 12.0. The van der Waals surface area contributed by atoms with E-state index in [4.69, 9.17) is 4.74 Å². The van der Waals surface area contributed by atoms with E-state index in [1.165, 1.54) is 7.11 Å². The third-order valence-electron chi connectivity index (χ3n) is 2.03. The van der Waals surface area contributed by atoms with Crippen LogP contribution in [0.2, 0.25) is 0 Å². The summed E-state index contributed by atoms with van der Waals surface area (Å²) in [5.41, 5.74) is 1.06. The van der Waals surface area contributed by atoms with Gasteiger partial charge in [-0.3, -0.25) is 4.79 Å². The van der Waals surface area contributed by atoms with Crippen LogP contribution in [0.5, 0.6) is 5.75 Å². The fraction of sp³-hybridized carbons (Fsp3) is 0.364. The molecule has 1 aromatic carbocycles. The lowest BCUT2D eigenvalue weighted by atomic mass is 10.1. The number of carbonyl (C=O) groups excluding carboxylic acids is 1. The maximum Gasteiger partial charge on any atom is 0.319 e. The Hall–Kier alpha value is -1.03. The lowest BCUT2D eigenvalue weighted by molar-refractivity contribution is -0.139. The Morgan fingerprint density at radius 2 is 1.93 bits per heavy atom. The van der Waals surface area contributed by atoms with E-state index in [9.17, 15) is 4.79 Å². The zero-order valence-electron chi connectivity index (χ0n) is 8.70. The van der Waals surface area contributed by atoms with Crippen LogP contribution in [0.1, 0.15) is 5.56 Å². The van der Waals surface area contributed by atoms with Crippen LogP contribution in [0, 0.1) is 0 Å². The topological polar surface area (TPSA) is 35.5 Å². The zero-order valence-corrected chi connectivity index (χ0v) is 10.3. The molecule has 0 N–H and O–H groups in total. The van der Waals surface area contributed by atoms with Crippen LogP contribution in [0.15, 0.2) is 24.3 Å². The van der Waals surface area contributed by atoms with Crippen molar-refractivity contribution in [2.24, 2.45) is 0 Å². The van der Waals surface area contributed by atoms with Crippen LogP contribution in [-0.4, -0.2) is 25.0 Å². The van der Waals surface area contributed by atoms with Gasteiger partial charge < -0.3 is 9.47 Å². The maximum atomic E-state index is 11.1. The predicted octanol–water partition coefficient (Wildman–Crippen LogP) is 2.17. The van der Waals surface area contributed by atoms with Gasteiger partial charge in [-0.15, -0.1) is 0 Å². The van der Waals surface area contributed by atoms with E-state index in [2.05, 4.69) is 20.7 Å². The Bertz CT molecular complexity index is 321. The number of alkyl halides is 1. The van der Waals surface area contributed by atoms with Crippen LogP contribution in [0.4, 0.5) is 0 Å². The fourth-order valence-electron chi connectivity index (χ4n) is 1.18. The van der Waals surface area contributed by atoms with Crippen molar-refractivity contribution < 1.29 is 14.3 Å². The van der Waals surface area contributed by atoms with Crippen LogP contribution in [-0.2, 0) is 16.0 Å². The molecule has 0 saturated carbocycles.